The largest absolute Gasteiger partial charge is 0.345 e. The van der Waals surface area contributed by atoms with Crippen molar-refractivity contribution in [2.45, 2.75) is 11.4 Å². The Morgan fingerprint density at radius 2 is 1.73 bits per heavy atom. The number of carbonyl (C=O) groups is 1. The molecule has 112 valence electrons. The zero-order valence-electron chi connectivity index (χ0n) is 11.5. The zero-order valence-corrected chi connectivity index (χ0v) is 12.3. The molecule has 0 bridgehead atoms. The second-order valence-corrected chi connectivity index (χ2v) is 6.28. The van der Waals surface area contributed by atoms with E-state index in [9.17, 15) is 13.2 Å². The van der Waals surface area contributed by atoms with Crippen LogP contribution in [-0.4, -0.2) is 20.2 Å². The normalized spacial score (nSPS) is 15.2. The fraction of sp³-hybridized carbons (Fsp3) is 0.0667. The van der Waals surface area contributed by atoms with Crippen LogP contribution in [0.4, 0.5) is 5.69 Å². The van der Waals surface area contributed by atoms with Crippen LogP contribution in [0.3, 0.4) is 0 Å². The van der Waals surface area contributed by atoms with Gasteiger partial charge >= 0.3 is 0 Å². The van der Waals surface area contributed by atoms with Gasteiger partial charge in [-0.15, -0.1) is 4.40 Å². The van der Waals surface area contributed by atoms with E-state index in [1.165, 1.54) is 6.07 Å². The number of rotatable bonds is 3. The van der Waals surface area contributed by atoms with Crippen molar-refractivity contribution in [2.75, 3.05) is 5.32 Å². The van der Waals surface area contributed by atoms with Crippen LogP contribution in [0.5, 0.6) is 0 Å². The maximum absolute atomic E-state index is 12.1. The lowest BCUT2D eigenvalue weighted by Gasteiger charge is -2.17. The molecule has 0 atom stereocenters. The van der Waals surface area contributed by atoms with Gasteiger partial charge in [0.2, 0.25) is 5.84 Å². The minimum Gasteiger partial charge on any atom is -0.345 e. The van der Waals surface area contributed by atoms with E-state index in [2.05, 4.69) is 15.0 Å². The first-order valence-corrected chi connectivity index (χ1v) is 8.03. The van der Waals surface area contributed by atoms with E-state index in [1.807, 2.05) is 30.3 Å². The van der Waals surface area contributed by atoms with E-state index in [1.54, 1.807) is 18.2 Å². The van der Waals surface area contributed by atoms with Crippen molar-refractivity contribution in [1.82, 2.24) is 5.32 Å². The molecular weight excluding hydrogens is 302 g/mol. The summed E-state index contributed by atoms with van der Waals surface area (Å²) in [6, 6.07) is 15.6. The number of hydrogen-bond acceptors (Lipinski definition) is 4. The second kappa shape index (κ2) is 5.61. The van der Waals surface area contributed by atoms with Crippen molar-refractivity contribution in [3.63, 3.8) is 0 Å². The first-order chi connectivity index (χ1) is 10.6. The van der Waals surface area contributed by atoms with Crippen LogP contribution in [0.2, 0.25) is 0 Å². The molecule has 2 N–H and O–H groups in total. The molecule has 0 spiro atoms. The number of benzene rings is 2. The number of hydrogen-bond donors (Lipinski definition) is 2. The maximum atomic E-state index is 12.1. The molecule has 7 heteroatoms. The first kappa shape index (κ1) is 14.3. The number of amidine groups is 1. The van der Waals surface area contributed by atoms with Crippen molar-refractivity contribution in [3.8, 4) is 0 Å². The summed E-state index contributed by atoms with van der Waals surface area (Å²) in [5, 5.41) is 5.39. The molecule has 0 saturated heterocycles. The molecule has 1 heterocycles. The monoisotopic (exact) mass is 315 g/mol. The molecule has 0 aliphatic carbocycles. The molecule has 3 rings (SSSR count). The summed E-state index contributed by atoms with van der Waals surface area (Å²) in [7, 11) is -3.85. The number of carbonyl (C=O) groups excluding carboxylic acids is 1. The molecule has 6 nitrogen and oxygen atoms in total. The minimum atomic E-state index is -3.85. The summed E-state index contributed by atoms with van der Waals surface area (Å²) in [5.41, 5.74) is 1.26. The summed E-state index contributed by atoms with van der Waals surface area (Å²) in [6.07, 6.45) is 0. The van der Waals surface area contributed by atoms with Crippen molar-refractivity contribution in [2.24, 2.45) is 4.40 Å². The van der Waals surface area contributed by atoms with Crippen molar-refractivity contribution >= 4 is 27.5 Å². The van der Waals surface area contributed by atoms with E-state index in [0.717, 1.165) is 5.56 Å². The van der Waals surface area contributed by atoms with Gasteiger partial charge in [0, 0.05) is 6.54 Å². The van der Waals surface area contributed by atoms with E-state index >= 15 is 0 Å². The van der Waals surface area contributed by atoms with E-state index in [0.29, 0.717) is 12.2 Å². The SMILES string of the molecule is O=C(NCc1ccccc1)C1=NS(=O)(=O)c2ccccc2N1. The lowest BCUT2D eigenvalue weighted by molar-refractivity contribution is -0.114. The lowest BCUT2D eigenvalue weighted by Crippen LogP contribution is -2.37. The number of nitrogens with zero attached hydrogens (tertiary/aromatic N) is 1. The lowest BCUT2D eigenvalue weighted by atomic mass is 10.2. The number of anilines is 1. The van der Waals surface area contributed by atoms with Gasteiger partial charge in [-0.25, -0.2) is 0 Å². The van der Waals surface area contributed by atoms with Gasteiger partial charge in [0.25, 0.3) is 15.9 Å². The van der Waals surface area contributed by atoms with Gasteiger partial charge in [-0.2, -0.15) is 8.42 Å². The average Bonchev–Trinajstić information content (AvgIpc) is 2.53. The molecule has 1 amide bonds. The Morgan fingerprint density at radius 3 is 2.50 bits per heavy atom. The highest BCUT2D eigenvalue weighted by molar-refractivity contribution is 7.90. The quantitative estimate of drug-likeness (QED) is 0.899. The van der Waals surface area contributed by atoms with Gasteiger partial charge in [0.05, 0.1) is 5.69 Å². The van der Waals surface area contributed by atoms with Crippen LogP contribution in [0.1, 0.15) is 5.56 Å². The Morgan fingerprint density at radius 1 is 1.05 bits per heavy atom. The highest BCUT2D eigenvalue weighted by Gasteiger charge is 2.27. The third-order valence-corrected chi connectivity index (χ3v) is 4.48. The molecule has 1 aliphatic rings. The molecule has 1 aliphatic heterocycles. The van der Waals surface area contributed by atoms with Crippen LogP contribution in [0, 0.1) is 0 Å². The van der Waals surface area contributed by atoms with Crippen LogP contribution in [0.15, 0.2) is 63.9 Å². The van der Waals surface area contributed by atoms with Gasteiger partial charge in [0.1, 0.15) is 4.90 Å². The Labute approximate surface area is 127 Å². The van der Waals surface area contributed by atoms with Gasteiger partial charge in [-0.05, 0) is 17.7 Å². The highest BCUT2D eigenvalue weighted by Crippen LogP contribution is 2.26. The van der Waals surface area contributed by atoms with Crippen LogP contribution in [-0.2, 0) is 21.4 Å². The predicted octanol–water partition coefficient (Wildman–Crippen LogP) is 1.52. The molecule has 2 aromatic carbocycles. The fourth-order valence-electron chi connectivity index (χ4n) is 2.07. The maximum Gasteiger partial charge on any atom is 0.288 e. The van der Waals surface area contributed by atoms with Gasteiger partial charge in [-0.3, -0.25) is 4.79 Å². The van der Waals surface area contributed by atoms with Crippen LogP contribution < -0.4 is 10.6 Å². The Balaban J connectivity index is 1.78. The molecule has 22 heavy (non-hydrogen) atoms. The van der Waals surface area contributed by atoms with E-state index < -0.39 is 15.9 Å². The van der Waals surface area contributed by atoms with Gasteiger partial charge in [0.15, 0.2) is 0 Å². The van der Waals surface area contributed by atoms with E-state index in [4.69, 9.17) is 0 Å². The molecule has 0 unspecified atom stereocenters. The fourth-order valence-corrected chi connectivity index (χ4v) is 3.19. The van der Waals surface area contributed by atoms with Crippen molar-refractivity contribution in [1.29, 1.82) is 0 Å². The highest BCUT2D eigenvalue weighted by atomic mass is 32.2. The number of fused-ring (bicyclic) bond motifs is 1. The molecular formula is C15H13N3O3S. The Bertz CT molecular complexity index is 845. The molecule has 0 saturated carbocycles. The number of para-hydroxylation sites is 1. The topological polar surface area (TPSA) is 87.6 Å². The third-order valence-electron chi connectivity index (χ3n) is 3.14. The summed E-state index contributed by atoms with van der Waals surface area (Å²) in [4.78, 5) is 12.2. The smallest absolute Gasteiger partial charge is 0.288 e. The minimum absolute atomic E-state index is 0.0645. The first-order valence-electron chi connectivity index (χ1n) is 6.59. The molecule has 2 aromatic rings. The summed E-state index contributed by atoms with van der Waals surface area (Å²) in [6.45, 7) is 0.294. The van der Waals surface area contributed by atoms with Crippen molar-refractivity contribution in [3.05, 3.63) is 60.2 Å². The number of nitrogens with one attached hydrogen (secondary N) is 2. The van der Waals surface area contributed by atoms with Gasteiger partial charge in [-0.1, -0.05) is 42.5 Å². The Hall–Kier alpha value is -2.67. The summed E-state index contributed by atoms with van der Waals surface area (Å²) < 4.78 is 27.6. The average molecular weight is 315 g/mol. The standard InChI is InChI=1S/C15H13N3O3S/c19-15(16-10-11-6-2-1-3-7-11)14-17-12-8-4-5-9-13(12)22(20,21)18-14/h1-9H,10H2,(H,16,19)(H,17,18). The van der Waals surface area contributed by atoms with Crippen LogP contribution in [0.25, 0.3) is 0 Å². The Kier molecular flexibility index (Phi) is 3.64. The summed E-state index contributed by atoms with van der Waals surface area (Å²) >= 11 is 0. The summed E-state index contributed by atoms with van der Waals surface area (Å²) in [5.74, 6) is -0.795. The number of amides is 1. The number of sulfonamides is 1. The van der Waals surface area contributed by atoms with Crippen LogP contribution >= 0.6 is 0 Å². The predicted molar refractivity (Wildman–Crippen MR) is 83.0 cm³/mol. The molecule has 0 fully saturated rings. The van der Waals surface area contributed by atoms with E-state index in [-0.39, 0.29) is 10.7 Å². The third kappa shape index (κ3) is 2.84. The molecule has 0 radical (unpaired) electrons. The molecule has 0 aromatic heterocycles. The zero-order chi connectivity index (χ0) is 15.6. The van der Waals surface area contributed by atoms with Crippen molar-refractivity contribution < 1.29 is 13.2 Å². The van der Waals surface area contributed by atoms with Gasteiger partial charge < -0.3 is 10.6 Å². The second-order valence-electron chi connectivity index (χ2n) is 4.70.